The quantitative estimate of drug-likeness (QED) is 0.556. The van der Waals surface area contributed by atoms with Crippen molar-refractivity contribution < 1.29 is 4.79 Å². The minimum atomic E-state index is 0.219. The molecule has 0 heterocycles. The highest BCUT2D eigenvalue weighted by Gasteiger charge is 2.09. The second-order valence-electron chi connectivity index (χ2n) is 3.22. The minimum absolute atomic E-state index is 0.219. The van der Waals surface area contributed by atoms with Crippen LogP contribution in [-0.2, 0) is 4.79 Å². The van der Waals surface area contributed by atoms with Crippen molar-refractivity contribution >= 4 is 5.78 Å². The molecule has 0 radical (unpaired) electrons. The zero-order chi connectivity index (χ0) is 8.85. The van der Waals surface area contributed by atoms with Crippen molar-refractivity contribution in [1.82, 2.24) is 0 Å². The Morgan fingerprint density at radius 1 is 1.55 bits per heavy atom. The number of ketones is 1. The van der Waals surface area contributed by atoms with Crippen LogP contribution in [0.4, 0.5) is 0 Å². The number of carbonyl (C=O) groups excluding carboxylic acids is 1. The monoisotopic (exact) mass is 154 g/mol. The maximum Gasteiger partial charge on any atom is 0.135 e. The van der Waals surface area contributed by atoms with Crippen LogP contribution in [-0.4, -0.2) is 5.78 Å². The lowest BCUT2D eigenvalue weighted by Gasteiger charge is -2.07. The number of rotatable bonds is 5. The molecule has 0 rings (SSSR count). The van der Waals surface area contributed by atoms with Crippen LogP contribution in [0.15, 0.2) is 12.2 Å². The molecule has 0 N–H and O–H groups in total. The van der Waals surface area contributed by atoms with Crippen LogP contribution >= 0.6 is 0 Å². The third-order valence-electron chi connectivity index (χ3n) is 1.90. The molecule has 0 saturated heterocycles. The van der Waals surface area contributed by atoms with Gasteiger partial charge in [0.1, 0.15) is 5.78 Å². The summed E-state index contributed by atoms with van der Waals surface area (Å²) in [7, 11) is 0. The smallest absolute Gasteiger partial charge is 0.135 e. The average Bonchev–Trinajstić information content (AvgIpc) is 1.98. The summed E-state index contributed by atoms with van der Waals surface area (Å²) in [5, 5.41) is 0. The van der Waals surface area contributed by atoms with Gasteiger partial charge in [0.25, 0.3) is 0 Å². The van der Waals surface area contributed by atoms with Gasteiger partial charge in [0, 0.05) is 12.3 Å². The van der Waals surface area contributed by atoms with Gasteiger partial charge >= 0.3 is 0 Å². The van der Waals surface area contributed by atoms with E-state index in [1.807, 2.05) is 20.8 Å². The molecule has 0 aliphatic carbocycles. The Kier molecular flexibility index (Phi) is 4.84. The van der Waals surface area contributed by atoms with E-state index in [9.17, 15) is 4.79 Å². The fraction of sp³-hybridized carbons (Fsp3) is 0.700. The Bertz CT molecular complexity index is 147. The molecule has 1 atom stereocenters. The van der Waals surface area contributed by atoms with E-state index < -0.39 is 0 Å². The molecular weight excluding hydrogens is 136 g/mol. The first-order valence-corrected chi connectivity index (χ1v) is 4.25. The maximum atomic E-state index is 11.1. The van der Waals surface area contributed by atoms with Crippen LogP contribution in [0.3, 0.4) is 0 Å². The topological polar surface area (TPSA) is 17.1 Å². The Hall–Kier alpha value is -0.590. The summed E-state index contributed by atoms with van der Waals surface area (Å²) in [5.41, 5.74) is 1.17. The van der Waals surface area contributed by atoms with Crippen molar-refractivity contribution in [2.24, 2.45) is 5.92 Å². The van der Waals surface area contributed by atoms with Gasteiger partial charge in [0.05, 0.1) is 0 Å². The van der Waals surface area contributed by atoms with E-state index >= 15 is 0 Å². The average molecular weight is 154 g/mol. The van der Waals surface area contributed by atoms with Crippen LogP contribution in [0.1, 0.15) is 40.0 Å². The Labute approximate surface area is 69.5 Å². The van der Waals surface area contributed by atoms with E-state index in [4.69, 9.17) is 0 Å². The summed E-state index contributed by atoms with van der Waals surface area (Å²) in [6.07, 6.45) is 2.60. The molecule has 0 spiro atoms. The summed E-state index contributed by atoms with van der Waals surface area (Å²) < 4.78 is 0. The highest BCUT2D eigenvalue weighted by atomic mass is 16.1. The number of carbonyl (C=O) groups is 1. The van der Waals surface area contributed by atoms with Gasteiger partial charge in [-0.3, -0.25) is 4.79 Å². The van der Waals surface area contributed by atoms with E-state index in [1.54, 1.807) is 0 Å². The van der Waals surface area contributed by atoms with Crippen molar-refractivity contribution in [1.29, 1.82) is 0 Å². The molecule has 1 heteroatoms. The molecule has 0 aromatic heterocycles. The van der Waals surface area contributed by atoms with Crippen LogP contribution in [0.25, 0.3) is 0 Å². The molecule has 0 fully saturated rings. The van der Waals surface area contributed by atoms with Crippen LogP contribution < -0.4 is 0 Å². The molecule has 0 aliphatic rings. The first-order chi connectivity index (χ1) is 5.07. The van der Waals surface area contributed by atoms with Gasteiger partial charge in [-0.15, -0.1) is 6.58 Å². The van der Waals surface area contributed by atoms with Crippen molar-refractivity contribution in [3.63, 3.8) is 0 Å². The molecule has 0 aromatic rings. The lowest BCUT2D eigenvalue weighted by molar-refractivity contribution is -0.122. The van der Waals surface area contributed by atoms with Crippen molar-refractivity contribution in [3.05, 3.63) is 12.2 Å². The molecule has 1 unspecified atom stereocenters. The second kappa shape index (κ2) is 5.11. The predicted molar refractivity (Wildman–Crippen MR) is 48.5 cm³/mol. The van der Waals surface area contributed by atoms with Crippen molar-refractivity contribution in [2.75, 3.05) is 0 Å². The summed E-state index contributed by atoms with van der Waals surface area (Å²) in [4.78, 5) is 11.1. The summed E-state index contributed by atoms with van der Waals surface area (Å²) in [6, 6.07) is 0. The fourth-order valence-electron chi connectivity index (χ4n) is 0.972. The molecule has 64 valence electrons. The standard InChI is InChI=1S/C10H18O/c1-5-10(11)9(4)7-6-8(2)3/h9H,2,5-7H2,1,3-4H3. The van der Waals surface area contributed by atoms with E-state index in [0.29, 0.717) is 12.2 Å². The van der Waals surface area contributed by atoms with E-state index in [1.165, 1.54) is 5.57 Å². The third-order valence-corrected chi connectivity index (χ3v) is 1.90. The van der Waals surface area contributed by atoms with Crippen molar-refractivity contribution in [2.45, 2.75) is 40.0 Å². The molecule has 0 saturated carbocycles. The molecule has 0 amide bonds. The molecule has 1 nitrogen and oxygen atoms in total. The summed E-state index contributed by atoms with van der Waals surface area (Å²) >= 11 is 0. The normalized spacial score (nSPS) is 12.6. The van der Waals surface area contributed by atoms with E-state index in [2.05, 4.69) is 6.58 Å². The predicted octanol–water partition coefficient (Wildman–Crippen LogP) is 2.96. The van der Waals surface area contributed by atoms with Gasteiger partial charge < -0.3 is 0 Å². The summed E-state index contributed by atoms with van der Waals surface area (Å²) in [6.45, 7) is 9.72. The van der Waals surface area contributed by atoms with Gasteiger partial charge in [-0.2, -0.15) is 0 Å². The van der Waals surface area contributed by atoms with Crippen LogP contribution in [0, 0.1) is 5.92 Å². The number of hydrogen-bond acceptors (Lipinski definition) is 1. The number of hydrogen-bond donors (Lipinski definition) is 0. The highest BCUT2D eigenvalue weighted by Crippen LogP contribution is 2.12. The first-order valence-electron chi connectivity index (χ1n) is 4.25. The van der Waals surface area contributed by atoms with Gasteiger partial charge in [-0.25, -0.2) is 0 Å². The zero-order valence-corrected chi connectivity index (χ0v) is 7.81. The van der Waals surface area contributed by atoms with Gasteiger partial charge in [0.15, 0.2) is 0 Å². The largest absolute Gasteiger partial charge is 0.299 e. The molecular formula is C10H18O. The molecule has 0 bridgehead atoms. The van der Waals surface area contributed by atoms with Gasteiger partial charge in [-0.05, 0) is 19.8 Å². The third kappa shape index (κ3) is 4.77. The lowest BCUT2D eigenvalue weighted by Crippen LogP contribution is -2.08. The fourth-order valence-corrected chi connectivity index (χ4v) is 0.972. The highest BCUT2D eigenvalue weighted by molar-refractivity contribution is 5.80. The Morgan fingerprint density at radius 2 is 2.09 bits per heavy atom. The summed E-state index contributed by atoms with van der Waals surface area (Å²) in [5.74, 6) is 0.586. The van der Waals surface area contributed by atoms with Gasteiger partial charge in [-0.1, -0.05) is 19.4 Å². The Morgan fingerprint density at radius 3 is 2.45 bits per heavy atom. The first kappa shape index (κ1) is 10.4. The molecule has 0 aromatic carbocycles. The SMILES string of the molecule is C=C(C)CCC(C)C(=O)CC. The van der Waals surface area contributed by atoms with Crippen molar-refractivity contribution in [3.8, 4) is 0 Å². The Balaban J connectivity index is 3.60. The van der Waals surface area contributed by atoms with Crippen LogP contribution in [0.5, 0.6) is 0 Å². The van der Waals surface area contributed by atoms with E-state index in [0.717, 1.165) is 12.8 Å². The molecule has 11 heavy (non-hydrogen) atoms. The molecule has 0 aliphatic heterocycles. The second-order valence-corrected chi connectivity index (χ2v) is 3.22. The lowest BCUT2D eigenvalue weighted by atomic mass is 9.97. The number of Topliss-reactive ketones (excluding diaryl/α,β-unsaturated/α-hetero) is 1. The zero-order valence-electron chi connectivity index (χ0n) is 7.81. The maximum absolute atomic E-state index is 11.1. The van der Waals surface area contributed by atoms with Gasteiger partial charge in [0.2, 0.25) is 0 Å². The number of allylic oxidation sites excluding steroid dienone is 1. The minimum Gasteiger partial charge on any atom is -0.299 e. The van der Waals surface area contributed by atoms with E-state index in [-0.39, 0.29) is 5.92 Å². The van der Waals surface area contributed by atoms with Crippen LogP contribution in [0.2, 0.25) is 0 Å².